The van der Waals surface area contributed by atoms with Crippen molar-refractivity contribution in [1.29, 1.82) is 0 Å². The summed E-state index contributed by atoms with van der Waals surface area (Å²) in [7, 11) is -3.80. The second-order valence-corrected chi connectivity index (χ2v) is 8.73. The first-order valence-corrected chi connectivity index (χ1v) is 10.4. The van der Waals surface area contributed by atoms with Crippen LogP contribution in [0.2, 0.25) is 0 Å². The second-order valence-electron chi connectivity index (χ2n) is 6.86. The van der Waals surface area contributed by atoms with Gasteiger partial charge in [0.15, 0.2) is 5.78 Å². The van der Waals surface area contributed by atoms with Crippen molar-refractivity contribution in [2.24, 2.45) is 0 Å². The number of carbonyl (C=O) groups excluding carboxylic acids is 2. The van der Waals surface area contributed by atoms with Crippen molar-refractivity contribution in [3.8, 4) is 0 Å². The van der Waals surface area contributed by atoms with E-state index in [9.17, 15) is 18.0 Å². The number of benzene rings is 2. The standard InChI is InChI=1S/C20H20N2O4S/c1-14-4-2-5-17-18(23)11-13-22(20(14)17)27(25,26)16-9-7-15(8-10-16)21-12-3-6-19(21)24/h2,4-5,7-10H,3,6,11-13H2,1H3. The summed E-state index contributed by atoms with van der Waals surface area (Å²) in [5, 5.41) is 0. The number of fused-ring (bicyclic) bond motifs is 1. The Morgan fingerprint density at radius 3 is 2.33 bits per heavy atom. The van der Waals surface area contributed by atoms with E-state index in [-0.39, 0.29) is 29.6 Å². The zero-order chi connectivity index (χ0) is 19.2. The van der Waals surface area contributed by atoms with E-state index in [1.807, 2.05) is 13.0 Å². The van der Waals surface area contributed by atoms with Crippen LogP contribution >= 0.6 is 0 Å². The Hall–Kier alpha value is -2.67. The summed E-state index contributed by atoms with van der Waals surface area (Å²) < 4.78 is 27.8. The minimum Gasteiger partial charge on any atom is -0.312 e. The third-order valence-electron chi connectivity index (χ3n) is 5.14. The van der Waals surface area contributed by atoms with Crippen molar-refractivity contribution in [3.05, 3.63) is 53.6 Å². The monoisotopic (exact) mass is 384 g/mol. The normalized spacial score (nSPS) is 17.4. The fourth-order valence-electron chi connectivity index (χ4n) is 3.75. The number of sulfonamides is 1. The van der Waals surface area contributed by atoms with Gasteiger partial charge in [-0.15, -0.1) is 0 Å². The molecule has 27 heavy (non-hydrogen) atoms. The largest absolute Gasteiger partial charge is 0.312 e. The number of rotatable bonds is 3. The summed E-state index contributed by atoms with van der Waals surface area (Å²) in [5.74, 6) is 0.0211. The summed E-state index contributed by atoms with van der Waals surface area (Å²) in [6.07, 6.45) is 1.50. The van der Waals surface area contributed by atoms with Gasteiger partial charge < -0.3 is 4.90 Å². The number of Topliss-reactive ketones (excluding diaryl/α,β-unsaturated/α-hetero) is 1. The molecule has 7 heteroatoms. The second kappa shape index (κ2) is 6.49. The van der Waals surface area contributed by atoms with Gasteiger partial charge in [-0.25, -0.2) is 8.42 Å². The molecule has 1 saturated heterocycles. The van der Waals surface area contributed by atoms with Crippen molar-refractivity contribution in [2.75, 3.05) is 22.3 Å². The zero-order valence-corrected chi connectivity index (χ0v) is 15.8. The van der Waals surface area contributed by atoms with Crippen molar-refractivity contribution in [1.82, 2.24) is 0 Å². The minimum absolute atomic E-state index is 0.0388. The molecule has 0 atom stereocenters. The van der Waals surface area contributed by atoms with Crippen LogP contribution in [0.3, 0.4) is 0 Å². The van der Waals surface area contributed by atoms with E-state index in [0.29, 0.717) is 29.9 Å². The van der Waals surface area contributed by atoms with Gasteiger partial charge in [-0.1, -0.05) is 12.1 Å². The van der Waals surface area contributed by atoms with Crippen LogP contribution in [-0.2, 0) is 14.8 Å². The summed E-state index contributed by atoms with van der Waals surface area (Å²) in [4.78, 5) is 25.9. The van der Waals surface area contributed by atoms with E-state index >= 15 is 0 Å². The number of amides is 1. The number of carbonyl (C=O) groups is 2. The van der Waals surface area contributed by atoms with Crippen LogP contribution in [0.5, 0.6) is 0 Å². The molecule has 0 N–H and O–H groups in total. The van der Waals surface area contributed by atoms with Crippen molar-refractivity contribution < 1.29 is 18.0 Å². The van der Waals surface area contributed by atoms with Gasteiger partial charge in [0.1, 0.15) is 0 Å². The number of aryl methyl sites for hydroxylation is 1. The van der Waals surface area contributed by atoms with E-state index < -0.39 is 10.0 Å². The molecule has 0 spiro atoms. The SMILES string of the molecule is Cc1cccc2c1N(S(=O)(=O)c1ccc(N3CCCC3=O)cc1)CCC2=O. The fourth-order valence-corrected chi connectivity index (χ4v) is 5.30. The lowest BCUT2D eigenvalue weighted by molar-refractivity contribution is -0.117. The topological polar surface area (TPSA) is 74.8 Å². The molecular formula is C20H20N2O4S. The molecule has 0 saturated carbocycles. The van der Waals surface area contributed by atoms with Gasteiger partial charge in [0.2, 0.25) is 5.91 Å². The van der Waals surface area contributed by atoms with E-state index in [2.05, 4.69) is 0 Å². The Labute approximate surface area is 158 Å². The van der Waals surface area contributed by atoms with Gasteiger partial charge in [-0.2, -0.15) is 0 Å². The summed E-state index contributed by atoms with van der Waals surface area (Å²) >= 11 is 0. The molecule has 0 radical (unpaired) electrons. The number of ketones is 1. The average Bonchev–Trinajstić information content (AvgIpc) is 3.08. The number of hydrogen-bond acceptors (Lipinski definition) is 4. The first kappa shape index (κ1) is 17.7. The molecule has 1 fully saturated rings. The summed E-state index contributed by atoms with van der Waals surface area (Å²) in [6.45, 7) is 2.60. The van der Waals surface area contributed by atoms with Crippen LogP contribution in [-0.4, -0.2) is 33.2 Å². The number of para-hydroxylation sites is 1. The maximum absolute atomic E-state index is 13.2. The Morgan fingerprint density at radius 2 is 1.67 bits per heavy atom. The lowest BCUT2D eigenvalue weighted by atomic mass is 9.99. The maximum Gasteiger partial charge on any atom is 0.264 e. The van der Waals surface area contributed by atoms with Crippen molar-refractivity contribution in [3.63, 3.8) is 0 Å². The fraction of sp³-hybridized carbons (Fsp3) is 0.300. The van der Waals surface area contributed by atoms with Gasteiger partial charge >= 0.3 is 0 Å². The molecule has 2 heterocycles. The van der Waals surface area contributed by atoms with Crippen molar-refractivity contribution in [2.45, 2.75) is 31.1 Å². The zero-order valence-electron chi connectivity index (χ0n) is 15.0. The smallest absolute Gasteiger partial charge is 0.264 e. The van der Waals surface area contributed by atoms with Gasteiger partial charge in [-0.05, 0) is 49.2 Å². The molecule has 6 nitrogen and oxygen atoms in total. The van der Waals surface area contributed by atoms with Crippen LogP contribution in [0.25, 0.3) is 0 Å². The Balaban J connectivity index is 1.71. The first-order valence-electron chi connectivity index (χ1n) is 8.95. The van der Waals surface area contributed by atoms with Crippen LogP contribution < -0.4 is 9.21 Å². The van der Waals surface area contributed by atoms with E-state index in [1.54, 1.807) is 29.2 Å². The van der Waals surface area contributed by atoms with Crippen LogP contribution in [0, 0.1) is 6.92 Å². The molecular weight excluding hydrogens is 364 g/mol. The maximum atomic E-state index is 13.2. The predicted molar refractivity (Wildman–Crippen MR) is 103 cm³/mol. The molecule has 2 aromatic carbocycles. The highest BCUT2D eigenvalue weighted by Crippen LogP contribution is 2.35. The molecule has 2 aromatic rings. The number of hydrogen-bond donors (Lipinski definition) is 0. The van der Waals surface area contributed by atoms with Crippen LogP contribution in [0.15, 0.2) is 47.4 Å². The van der Waals surface area contributed by atoms with Gasteiger partial charge in [0.05, 0.1) is 10.6 Å². The third-order valence-corrected chi connectivity index (χ3v) is 6.95. The van der Waals surface area contributed by atoms with E-state index in [0.717, 1.165) is 12.0 Å². The Morgan fingerprint density at radius 1 is 0.926 bits per heavy atom. The Kier molecular flexibility index (Phi) is 4.26. The van der Waals surface area contributed by atoms with E-state index in [1.165, 1.54) is 16.4 Å². The molecule has 0 unspecified atom stereocenters. The number of anilines is 2. The highest BCUT2D eigenvalue weighted by atomic mass is 32.2. The Bertz CT molecular complexity index is 1030. The molecule has 140 valence electrons. The summed E-state index contributed by atoms with van der Waals surface area (Å²) in [6, 6.07) is 11.7. The lowest BCUT2D eigenvalue weighted by Gasteiger charge is -2.31. The molecule has 4 rings (SSSR count). The summed E-state index contributed by atoms with van der Waals surface area (Å²) in [5.41, 5.74) is 2.38. The highest BCUT2D eigenvalue weighted by molar-refractivity contribution is 7.92. The highest BCUT2D eigenvalue weighted by Gasteiger charge is 2.33. The van der Waals surface area contributed by atoms with Crippen LogP contribution in [0.4, 0.5) is 11.4 Å². The molecule has 1 amide bonds. The molecule has 0 bridgehead atoms. The average molecular weight is 384 g/mol. The lowest BCUT2D eigenvalue weighted by Crippen LogP contribution is -2.38. The van der Waals surface area contributed by atoms with Crippen molar-refractivity contribution >= 4 is 33.1 Å². The molecule has 2 aliphatic rings. The molecule has 0 aliphatic carbocycles. The van der Waals surface area contributed by atoms with E-state index in [4.69, 9.17) is 0 Å². The first-order chi connectivity index (χ1) is 12.9. The minimum atomic E-state index is -3.80. The van der Waals surface area contributed by atoms with Crippen LogP contribution in [0.1, 0.15) is 35.2 Å². The molecule has 2 aliphatic heterocycles. The van der Waals surface area contributed by atoms with Gasteiger partial charge in [0, 0.05) is 37.2 Å². The van der Waals surface area contributed by atoms with Gasteiger partial charge in [-0.3, -0.25) is 13.9 Å². The molecule has 0 aromatic heterocycles. The predicted octanol–water partition coefficient (Wildman–Crippen LogP) is 2.90. The van der Waals surface area contributed by atoms with Gasteiger partial charge in [0.25, 0.3) is 10.0 Å². The third kappa shape index (κ3) is 2.92. The quantitative estimate of drug-likeness (QED) is 0.815. The number of nitrogens with zero attached hydrogens (tertiary/aromatic N) is 2.